The third-order valence-corrected chi connectivity index (χ3v) is 2.41. The molecule has 76 valence electrons. The summed E-state index contributed by atoms with van der Waals surface area (Å²) in [6.07, 6.45) is 3.80. The van der Waals surface area contributed by atoms with Gasteiger partial charge in [0, 0.05) is 6.54 Å². The molecule has 1 aliphatic rings. The Kier molecular flexibility index (Phi) is 2.45. The number of carbonyl (C=O) groups excluding carboxylic acids is 1. The van der Waals surface area contributed by atoms with E-state index >= 15 is 0 Å². The first-order chi connectivity index (χ1) is 6.77. The van der Waals surface area contributed by atoms with E-state index < -0.39 is 5.91 Å². The monoisotopic (exact) mass is 195 g/mol. The molecule has 0 spiro atoms. The molecule has 6 nitrogen and oxygen atoms in total. The van der Waals surface area contributed by atoms with E-state index in [0.29, 0.717) is 6.04 Å². The fourth-order valence-electron chi connectivity index (χ4n) is 1.63. The molecule has 0 aromatic carbocycles. The van der Waals surface area contributed by atoms with E-state index in [-0.39, 0.29) is 5.69 Å². The molecule has 0 aliphatic carbocycles. The van der Waals surface area contributed by atoms with Gasteiger partial charge in [-0.2, -0.15) is 0 Å². The number of aromatic nitrogens is 3. The number of nitrogens with zero attached hydrogens (tertiary/aromatic N) is 3. The Morgan fingerprint density at radius 2 is 2.57 bits per heavy atom. The molecule has 0 radical (unpaired) electrons. The Hall–Kier alpha value is -1.43. The highest BCUT2D eigenvalue weighted by atomic mass is 16.1. The molecule has 6 heteroatoms. The molecule has 1 fully saturated rings. The minimum Gasteiger partial charge on any atom is -0.364 e. The summed E-state index contributed by atoms with van der Waals surface area (Å²) in [6.45, 7) is 1.93. The molecule has 2 rings (SSSR count). The highest BCUT2D eigenvalue weighted by molar-refractivity contribution is 5.90. The highest BCUT2D eigenvalue weighted by Crippen LogP contribution is 2.14. The van der Waals surface area contributed by atoms with Crippen molar-refractivity contribution in [3.63, 3.8) is 0 Å². The van der Waals surface area contributed by atoms with Gasteiger partial charge < -0.3 is 11.1 Å². The lowest BCUT2D eigenvalue weighted by atomic mass is 10.1. The molecule has 0 saturated carbocycles. The predicted molar refractivity (Wildman–Crippen MR) is 49.7 cm³/mol. The van der Waals surface area contributed by atoms with Crippen molar-refractivity contribution >= 4 is 5.91 Å². The van der Waals surface area contributed by atoms with E-state index in [9.17, 15) is 4.79 Å². The molecule has 3 N–H and O–H groups in total. The van der Waals surface area contributed by atoms with Crippen molar-refractivity contribution in [1.29, 1.82) is 0 Å². The van der Waals surface area contributed by atoms with Crippen molar-refractivity contribution in [3.8, 4) is 0 Å². The zero-order valence-electron chi connectivity index (χ0n) is 7.81. The lowest BCUT2D eigenvalue weighted by Gasteiger charge is -2.22. The standard InChI is InChI=1S/C8H13N5O/c9-8(14)7-5-13(12-11-7)6-2-1-3-10-4-6/h5-6,10H,1-4H2,(H2,9,14)/t6-/m0/s1. The SMILES string of the molecule is NC(=O)c1cn([C@H]2CCCNC2)nn1. The normalized spacial score (nSPS) is 22.1. The van der Waals surface area contributed by atoms with Gasteiger partial charge in [0.1, 0.15) is 0 Å². The first-order valence-electron chi connectivity index (χ1n) is 4.70. The van der Waals surface area contributed by atoms with Crippen LogP contribution in [0.5, 0.6) is 0 Å². The molecule has 2 heterocycles. The van der Waals surface area contributed by atoms with Crippen LogP contribution in [0.4, 0.5) is 0 Å². The highest BCUT2D eigenvalue weighted by Gasteiger charge is 2.17. The van der Waals surface area contributed by atoms with Crippen LogP contribution in [0.25, 0.3) is 0 Å². The molecule has 0 bridgehead atoms. The molecule has 1 atom stereocenters. The number of hydrogen-bond acceptors (Lipinski definition) is 4. The van der Waals surface area contributed by atoms with Crippen molar-refractivity contribution in [2.75, 3.05) is 13.1 Å². The molecule has 1 aliphatic heterocycles. The quantitative estimate of drug-likeness (QED) is 0.653. The van der Waals surface area contributed by atoms with Crippen molar-refractivity contribution in [2.45, 2.75) is 18.9 Å². The second-order valence-corrected chi connectivity index (χ2v) is 3.45. The van der Waals surface area contributed by atoms with Gasteiger partial charge in [-0.25, -0.2) is 4.68 Å². The molecule has 0 unspecified atom stereocenters. The van der Waals surface area contributed by atoms with Crippen LogP contribution in [0.15, 0.2) is 6.20 Å². The molecular formula is C8H13N5O. The Balaban J connectivity index is 2.11. The van der Waals surface area contributed by atoms with E-state index in [2.05, 4.69) is 15.6 Å². The van der Waals surface area contributed by atoms with Crippen LogP contribution in [0.3, 0.4) is 0 Å². The van der Waals surface area contributed by atoms with Crippen LogP contribution in [-0.4, -0.2) is 34.0 Å². The summed E-state index contributed by atoms with van der Waals surface area (Å²) in [5, 5.41) is 10.9. The third-order valence-electron chi connectivity index (χ3n) is 2.41. The van der Waals surface area contributed by atoms with Crippen molar-refractivity contribution in [2.24, 2.45) is 5.73 Å². The van der Waals surface area contributed by atoms with Gasteiger partial charge in [-0.1, -0.05) is 5.21 Å². The summed E-state index contributed by atoms with van der Waals surface area (Å²) in [7, 11) is 0. The van der Waals surface area contributed by atoms with Crippen molar-refractivity contribution in [3.05, 3.63) is 11.9 Å². The maximum atomic E-state index is 10.8. The first kappa shape index (κ1) is 9.14. The van der Waals surface area contributed by atoms with Crippen LogP contribution < -0.4 is 11.1 Å². The van der Waals surface area contributed by atoms with E-state index in [4.69, 9.17) is 5.73 Å². The smallest absolute Gasteiger partial charge is 0.270 e. The van der Waals surface area contributed by atoms with Crippen LogP contribution in [0.1, 0.15) is 29.4 Å². The van der Waals surface area contributed by atoms with Crippen LogP contribution in [0.2, 0.25) is 0 Å². The van der Waals surface area contributed by atoms with Gasteiger partial charge in [0.15, 0.2) is 5.69 Å². The average molecular weight is 195 g/mol. The summed E-state index contributed by atoms with van der Waals surface area (Å²) >= 11 is 0. The zero-order valence-corrected chi connectivity index (χ0v) is 7.81. The number of piperidine rings is 1. The fourth-order valence-corrected chi connectivity index (χ4v) is 1.63. The maximum Gasteiger partial charge on any atom is 0.270 e. The van der Waals surface area contributed by atoms with Gasteiger partial charge in [-0.05, 0) is 19.4 Å². The number of amides is 1. The van der Waals surface area contributed by atoms with Gasteiger partial charge >= 0.3 is 0 Å². The minimum absolute atomic E-state index is 0.232. The van der Waals surface area contributed by atoms with Crippen molar-refractivity contribution < 1.29 is 4.79 Å². The van der Waals surface area contributed by atoms with E-state index in [1.807, 2.05) is 0 Å². The van der Waals surface area contributed by atoms with Crippen molar-refractivity contribution in [1.82, 2.24) is 20.3 Å². The number of carbonyl (C=O) groups is 1. The lowest BCUT2D eigenvalue weighted by molar-refractivity contribution is 0.0995. The second-order valence-electron chi connectivity index (χ2n) is 3.45. The molecule has 1 aromatic heterocycles. The fraction of sp³-hybridized carbons (Fsp3) is 0.625. The summed E-state index contributed by atoms with van der Waals surface area (Å²) in [5.41, 5.74) is 5.32. The number of primary amides is 1. The van der Waals surface area contributed by atoms with Crippen LogP contribution >= 0.6 is 0 Å². The van der Waals surface area contributed by atoms with Gasteiger partial charge in [0.2, 0.25) is 0 Å². The van der Waals surface area contributed by atoms with E-state index in [0.717, 1.165) is 25.9 Å². The summed E-state index contributed by atoms with van der Waals surface area (Å²) < 4.78 is 1.71. The number of rotatable bonds is 2. The number of hydrogen-bond donors (Lipinski definition) is 2. The van der Waals surface area contributed by atoms with Gasteiger partial charge in [0.25, 0.3) is 5.91 Å². The Bertz CT molecular complexity index is 328. The average Bonchev–Trinajstić information content (AvgIpc) is 2.68. The zero-order chi connectivity index (χ0) is 9.97. The maximum absolute atomic E-state index is 10.8. The minimum atomic E-state index is -0.528. The Labute approximate surface area is 81.5 Å². The Morgan fingerprint density at radius 3 is 3.14 bits per heavy atom. The van der Waals surface area contributed by atoms with E-state index in [1.165, 1.54) is 0 Å². The predicted octanol–water partition coefficient (Wildman–Crippen LogP) is -0.699. The number of nitrogens with one attached hydrogen (secondary N) is 1. The summed E-state index contributed by atoms with van der Waals surface area (Å²) in [6, 6.07) is 0.296. The van der Waals surface area contributed by atoms with Crippen LogP contribution in [-0.2, 0) is 0 Å². The first-order valence-corrected chi connectivity index (χ1v) is 4.70. The van der Waals surface area contributed by atoms with Crippen LogP contribution in [0, 0.1) is 0 Å². The topological polar surface area (TPSA) is 85.8 Å². The van der Waals surface area contributed by atoms with Gasteiger partial charge in [-0.3, -0.25) is 4.79 Å². The summed E-state index contributed by atoms with van der Waals surface area (Å²) in [4.78, 5) is 10.8. The molecule has 1 aromatic rings. The van der Waals surface area contributed by atoms with E-state index in [1.54, 1.807) is 10.9 Å². The largest absolute Gasteiger partial charge is 0.364 e. The van der Waals surface area contributed by atoms with Gasteiger partial charge in [-0.15, -0.1) is 5.10 Å². The second kappa shape index (κ2) is 3.75. The molecule has 1 saturated heterocycles. The molecule has 14 heavy (non-hydrogen) atoms. The van der Waals surface area contributed by atoms with Gasteiger partial charge in [0.05, 0.1) is 12.2 Å². The number of nitrogens with two attached hydrogens (primary N) is 1. The third kappa shape index (κ3) is 1.74. The Morgan fingerprint density at radius 1 is 1.71 bits per heavy atom. The molecular weight excluding hydrogens is 182 g/mol. The molecule has 1 amide bonds. The summed E-state index contributed by atoms with van der Waals surface area (Å²) in [5.74, 6) is -0.528. The lowest BCUT2D eigenvalue weighted by Crippen LogP contribution is -2.31.